The highest BCUT2D eigenvalue weighted by Gasteiger charge is 2.30. The highest BCUT2D eigenvalue weighted by molar-refractivity contribution is 8.06. The van der Waals surface area contributed by atoms with Crippen LogP contribution in [0.3, 0.4) is 0 Å². The average molecular weight is 326 g/mol. The summed E-state index contributed by atoms with van der Waals surface area (Å²) >= 11 is 0. The molecule has 1 saturated heterocycles. The quantitative estimate of drug-likeness (QED) is 0.726. The molecule has 0 aromatic heterocycles. The van der Waals surface area contributed by atoms with E-state index in [2.05, 4.69) is 19.2 Å². The molecular formula is C12H26N2O4S2. The monoisotopic (exact) mass is 326 g/mol. The van der Waals surface area contributed by atoms with E-state index in [4.69, 9.17) is 0 Å². The first-order chi connectivity index (χ1) is 9.10. The van der Waals surface area contributed by atoms with Gasteiger partial charge in [-0.1, -0.05) is 13.8 Å². The number of rotatable bonds is 7. The highest BCUT2D eigenvalue weighted by Crippen LogP contribution is 2.19. The predicted octanol–water partition coefficient (Wildman–Crippen LogP) is 0.276. The van der Waals surface area contributed by atoms with Gasteiger partial charge in [-0.2, -0.15) is 0 Å². The van der Waals surface area contributed by atoms with E-state index in [1.165, 1.54) is 4.31 Å². The molecule has 6 nitrogen and oxygen atoms in total. The van der Waals surface area contributed by atoms with Gasteiger partial charge in [-0.05, 0) is 37.8 Å². The molecule has 1 rings (SSSR count). The van der Waals surface area contributed by atoms with Crippen molar-refractivity contribution < 1.29 is 16.8 Å². The summed E-state index contributed by atoms with van der Waals surface area (Å²) in [7, 11) is -7.18. The molecule has 1 aliphatic rings. The number of hydrogen-bond acceptors (Lipinski definition) is 5. The number of nitrogens with one attached hydrogen (secondary N) is 1. The summed E-state index contributed by atoms with van der Waals surface area (Å²) in [6, 6.07) is 0. The summed E-state index contributed by atoms with van der Waals surface area (Å²) in [6.45, 7) is 7.00. The van der Waals surface area contributed by atoms with Gasteiger partial charge in [-0.15, -0.1) is 0 Å². The second-order valence-electron chi connectivity index (χ2n) is 6.05. The van der Waals surface area contributed by atoms with E-state index in [1.807, 2.05) is 0 Å². The van der Waals surface area contributed by atoms with Crippen LogP contribution in [-0.2, 0) is 19.9 Å². The lowest BCUT2D eigenvalue weighted by Gasteiger charge is -2.31. The van der Waals surface area contributed by atoms with E-state index >= 15 is 0 Å². The molecule has 0 radical (unpaired) electrons. The van der Waals surface area contributed by atoms with Crippen molar-refractivity contribution in [1.82, 2.24) is 9.62 Å². The summed E-state index contributed by atoms with van der Waals surface area (Å²) in [5.74, 6) is 1.07. The maximum Gasteiger partial charge on any atom is 0.228 e. The molecule has 1 fully saturated rings. The number of piperidine rings is 1. The van der Waals surface area contributed by atoms with Crippen LogP contribution < -0.4 is 5.32 Å². The molecule has 0 unspecified atom stereocenters. The second kappa shape index (κ2) is 7.20. The Hall–Kier alpha value is -0.180. The zero-order valence-electron chi connectivity index (χ0n) is 12.5. The average Bonchev–Trinajstić information content (AvgIpc) is 2.26. The fraction of sp³-hybridized carbons (Fsp3) is 1.00. The molecule has 120 valence electrons. The van der Waals surface area contributed by atoms with E-state index in [1.54, 1.807) is 0 Å². The van der Waals surface area contributed by atoms with Crippen LogP contribution >= 0.6 is 0 Å². The normalized spacial score (nSPS) is 19.6. The maximum absolute atomic E-state index is 11.9. The lowest BCUT2D eigenvalue weighted by atomic mass is 9.98. The first-order valence-electron chi connectivity index (χ1n) is 6.96. The number of hydrogen-bond donors (Lipinski definition) is 1. The van der Waals surface area contributed by atoms with Gasteiger partial charge in [0.05, 0.1) is 0 Å². The van der Waals surface area contributed by atoms with Crippen molar-refractivity contribution in [3.05, 3.63) is 0 Å². The topological polar surface area (TPSA) is 83.6 Å². The summed E-state index contributed by atoms with van der Waals surface area (Å²) < 4.78 is 47.5. The second-order valence-corrected chi connectivity index (χ2v) is 10.5. The SMILES string of the molecule is CC(C)CNCC1CCN(S(=O)(=O)CS(C)(=O)=O)CC1. The van der Waals surface area contributed by atoms with Crippen LogP contribution in [0.15, 0.2) is 0 Å². The molecule has 0 amide bonds. The summed E-state index contributed by atoms with van der Waals surface area (Å²) in [5, 5.41) is 2.60. The molecule has 1 N–H and O–H groups in total. The third-order valence-corrected chi connectivity index (χ3v) is 7.37. The Bertz CT molecular complexity index is 492. The van der Waals surface area contributed by atoms with Crippen molar-refractivity contribution in [3.8, 4) is 0 Å². The standard InChI is InChI=1S/C12H26N2O4S2/c1-11(2)8-13-9-12-4-6-14(7-5-12)20(17,18)10-19(3,15)16/h11-13H,4-10H2,1-3H3. The zero-order valence-corrected chi connectivity index (χ0v) is 14.1. The van der Waals surface area contributed by atoms with Gasteiger partial charge in [0.15, 0.2) is 14.9 Å². The van der Waals surface area contributed by atoms with Crippen molar-refractivity contribution in [2.75, 3.05) is 37.5 Å². The molecule has 0 aliphatic carbocycles. The van der Waals surface area contributed by atoms with E-state index < -0.39 is 24.9 Å². The minimum atomic E-state index is -3.67. The minimum Gasteiger partial charge on any atom is -0.316 e. The fourth-order valence-electron chi connectivity index (χ4n) is 2.31. The Kier molecular flexibility index (Phi) is 6.43. The lowest BCUT2D eigenvalue weighted by Crippen LogP contribution is -2.43. The van der Waals surface area contributed by atoms with Crippen LogP contribution in [0.2, 0.25) is 0 Å². The summed E-state index contributed by atoms with van der Waals surface area (Å²) in [5.41, 5.74) is 0. The Morgan fingerprint density at radius 2 is 1.70 bits per heavy atom. The van der Waals surface area contributed by atoms with Crippen LogP contribution in [0.4, 0.5) is 0 Å². The molecular weight excluding hydrogens is 300 g/mol. The summed E-state index contributed by atoms with van der Waals surface area (Å²) in [4.78, 5) is 0. The maximum atomic E-state index is 11.9. The zero-order chi connectivity index (χ0) is 15.4. The van der Waals surface area contributed by atoms with Crippen molar-refractivity contribution in [1.29, 1.82) is 0 Å². The Morgan fingerprint density at radius 1 is 1.15 bits per heavy atom. The molecule has 20 heavy (non-hydrogen) atoms. The highest BCUT2D eigenvalue weighted by atomic mass is 32.3. The number of sulfone groups is 1. The molecule has 0 atom stereocenters. The third kappa shape index (κ3) is 6.51. The van der Waals surface area contributed by atoms with Gasteiger partial charge in [-0.3, -0.25) is 0 Å². The third-order valence-electron chi connectivity index (χ3n) is 3.32. The van der Waals surface area contributed by atoms with Gasteiger partial charge in [0.25, 0.3) is 0 Å². The molecule has 0 spiro atoms. The predicted molar refractivity (Wildman–Crippen MR) is 80.6 cm³/mol. The largest absolute Gasteiger partial charge is 0.316 e. The van der Waals surface area contributed by atoms with Gasteiger partial charge in [0.1, 0.15) is 0 Å². The molecule has 1 aliphatic heterocycles. The van der Waals surface area contributed by atoms with Gasteiger partial charge in [0, 0.05) is 19.3 Å². The Morgan fingerprint density at radius 3 is 2.15 bits per heavy atom. The van der Waals surface area contributed by atoms with Gasteiger partial charge in [0.2, 0.25) is 10.0 Å². The smallest absolute Gasteiger partial charge is 0.228 e. The van der Waals surface area contributed by atoms with Crippen molar-refractivity contribution in [3.63, 3.8) is 0 Å². The summed E-state index contributed by atoms with van der Waals surface area (Å²) in [6.07, 6.45) is 2.52. The van der Waals surface area contributed by atoms with E-state index in [0.717, 1.165) is 32.2 Å². The number of sulfonamides is 1. The lowest BCUT2D eigenvalue weighted by molar-refractivity contribution is 0.266. The van der Waals surface area contributed by atoms with Crippen LogP contribution in [0.5, 0.6) is 0 Å². The van der Waals surface area contributed by atoms with Gasteiger partial charge in [-0.25, -0.2) is 21.1 Å². The first-order valence-corrected chi connectivity index (χ1v) is 10.6. The van der Waals surface area contributed by atoms with Crippen LogP contribution in [0, 0.1) is 11.8 Å². The van der Waals surface area contributed by atoms with Crippen LogP contribution in [-0.4, -0.2) is 58.7 Å². The van der Waals surface area contributed by atoms with Crippen molar-refractivity contribution >= 4 is 19.9 Å². The molecule has 8 heteroatoms. The Balaban J connectivity index is 2.42. The molecule has 0 saturated carbocycles. The van der Waals surface area contributed by atoms with E-state index in [9.17, 15) is 16.8 Å². The van der Waals surface area contributed by atoms with Gasteiger partial charge >= 0.3 is 0 Å². The molecule has 0 aromatic carbocycles. The van der Waals surface area contributed by atoms with Crippen molar-refractivity contribution in [2.24, 2.45) is 11.8 Å². The fourth-order valence-corrected chi connectivity index (χ4v) is 5.84. The number of nitrogens with zero attached hydrogens (tertiary/aromatic N) is 1. The molecule has 1 heterocycles. The van der Waals surface area contributed by atoms with Crippen LogP contribution in [0.1, 0.15) is 26.7 Å². The van der Waals surface area contributed by atoms with E-state index in [0.29, 0.717) is 24.9 Å². The van der Waals surface area contributed by atoms with Gasteiger partial charge < -0.3 is 5.32 Å². The first kappa shape index (κ1) is 17.9. The van der Waals surface area contributed by atoms with Crippen molar-refractivity contribution in [2.45, 2.75) is 26.7 Å². The minimum absolute atomic E-state index is 0.422. The van der Waals surface area contributed by atoms with Crippen LogP contribution in [0.25, 0.3) is 0 Å². The molecule has 0 aromatic rings. The molecule has 0 bridgehead atoms. The van der Waals surface area contributed by atoms with E-state index in [-0.39, 0.29) is 0 Å². The Labute approximate surface area is 122 Å².